The summed E-state index contributed by atoms with van der Waals surface area (Å²) in [6.07, 6.45) is -0.940. The highest BCUT2D eigenvalue weighted by atomic mass is 79.9. The Hall–Kier alpha value is -0.100. The zero-order valence-electron chi connectivity index (χ0n) is 6.83. The van der Waals surface area contributed by atoms with Crippen molar-refractivity contribution in [2.45, 2.75) is 24.0 Å². The summed E-state index contributed by atoms with van der Waals surface area (Å²) in [6.45, 7) is 1.30. The van der Waals surface area contributed by atoms with E-state index in [0.29, 0.717) is 5.33 Å². The number of halogens is 2. The van der Waals surface area contributed by atoms with Crippen LogP contribution in [0.3, 0.4) is 0 Å². The lowest BCUT2D eigenvalue weighted by molar-refractivity contribution is -0.149. The molecule has 0 aromatic rings. The minimum Gasteiger partial charge on any atom is -0.457 e. The third-order valence-electron chi connectivity index (χ3n) is 1.60. The molecule has 1 aliphatic heterocycles. The van der Waals surface area contributed by atoms with Gasteiger partial charge in [-0.05, 0) is 0 Å². The van der Waals surface area contributed by atoms with Gasteiger partial charge < -0.3 is 9.47 Å². The summed E-state index contributed by atoms with van der Waals surface area (Å²) in [5, 5.41) is 0.457. The van der Waals surface area contributed by atoms with Crippen LogP contribution in [0.1, 0.15) is 6.92 Å². The Morgan fingerprint density at radius 1 is 1.69 bits per heavy atom. The zero-order valence-corrected chi connectivity index (χ0v) is 10.0. The molecule has 13 heavy (non-hydrogen) atoms. The van der Waals surface area contributed by atoms with Gasteiger partial charge in [0.2, 0.25) is 0 Å². The highest BCUT2D eigenvalue weighted by Crippen LogP contribution is 2.26. The summed E-state index contributed by atoms with van der Waals surface area (Å²) >= 11 is 6.28. The number of ether oxygens (including phenoxy) is 2. The van der Waals surface area contributed by atoms with Crippen LogP contribution in [0.2, 0.25) is 0 Å². The van der Waals surface area contributed by atoms with Crippen molar-refractivity contribution in [2.75, 3.05) is 5.33 Å². The summed E-state index contributed by atoms with van der Waals surface area (Å²) in [7, 11) is 0. The number of carbonyl (C=O) groups excluding carboxylic acids is 2. The van der Waals surface area contributed by atoms with E-state index in [1.807, 2.05) is 0 Å². The largest absolute Gasteiger partial charge is 0.457 e. The Morgan fingerprint density at radius 3 is 2.77 bits per heavy atom. The molecule has 6 heteroatoms. The fraction of sp³-hybridized carbons (Fsp3) is 0.714. The molecule has 0 amide bonds. The van der Waals surface area contributed by atoms with E-state index in [4.69, 9.17) is 9.47 Å². The minimum absolute atomic E-state index is 0.393. The molecule has 1 aliphatic rings. The molecule has 1 heterocycles. The Labute approximate surface area is 92.2 Å². The van der Waals surface area contributed by atoms with Gasteiger partial charge in [-0.3, -0.25) is 9.59 Å². The molecule has 0 spiro atoms. The van der Waals surface area contributed by atoms with Gasteiger partial charge >= 0.3 is 11.9 Å². The van der Waals surface area contributed by atoms with Crippen molar-refractivity contribution >= 4 is 43.8 Å². The first-order valence-corrected chi connectivity index (χ1v) is 5.67. The van der Waals surface area contributed by atoms with E-state index in [1.54, 1.807) is 0 Å². The van der Waals surface area contributed by atoms with Gasteiger partial charge in [-0.1, -0.05) is 31.9 Å². The molecular weight excluding hydrogens is 308 g/mol. The fourth-order valence-corrected chi connectivity index (χ4v) is 2.11. The first-order valence-electron chi connectivity index (χ1n) is 3.64. The standard InChI is InChI=1S/C7H8Br2O4/c1-3(10)12-6-4(2-8)13-7(11)5(6)9/h4-6H,2H2,1H3/t4-,5+,6+/m1/s1. The SMILES string of the molecule is CC(=O)O[C@@H]1[C@H](Br)C(=O)O[C@@H]1CBr. The first kappa shape index (κ1) is 11.0. The second-order valence-electron chi connectivity index (χ2n) is 2.61. The van der Waals surface area contributed by atoms with Crippen molar-refractivity contribution in [3.05, 3.63) is 0 Å². The molecule has 4 nitrogen and oxygen atoms in total. The number of esters is 2. The van der Waals surface area contributed by atoms with E-state index in [0.717, 1.165) is 0 Å². The minimum atomic E-state index is -0.557. The highest BCUT2D eigenvalue weighted by Gasteiger charge is 2.44. The van der Waals surface area contributed by atoms with Crippen molar-refractivity contribution in [1.29, 1.82) is 0 Å². The van der Waals surface area contributed by atoms with Crippen LogP contribution in [0.4, 0.5) is 0 Å². The number of cyclic esters (lactones) is 1. The van der Waals surface area contributed by atoms with Crippen molar-refractivity contribution < 1.29 is 19.1 Å². The first-order chi connectivity index (χ1) is 6.06. The van der Waals surface area contributed by atoms with E-state index in [9.17, 15) is 9.59 Å². The van der Waals surface area contributed by atoms with Gasteiger partial charge in [0.25, 0.3) is 0 Å². The smallest absolute Gasteiger partial charge is 0.324 e. The fourth-order valence-electron chi connectivity index (χ4n) is 1.05. The predicted octanol–water partition coefficient (Wildman–Crippen LogP) is 1.00. The van der Waals surface area contributed by atoms with E-state index >= 15 is 0 Å². The van der Waals surface area contributed by atoms with Crippen LogP contribution in [0.5, 0.6) is 0 Å². The maximum atomic E-state index is 11.1. The Balaban J connectivity index is 2.67. The van der Waals surface area contributed by atoms with Crippen molar-refractivity contribution in [3.63, 3.8) is 0 Å². The van der Waals surface area contributed by atoms with Gasteiger partial charge in [0.15, 0.2) is 10.9 Å². The lowest BCUT2D eigenvalue weighted by Gasteiger charge is -2.15. The normalized spacial score (nSPS) is 32.8. The number of carbonyl (C=O) groups is 2. The molecule has 1 fully saturated rings. The molecule has 0 unspecified atom stereocenters. The number of hydrogen-bond acceptors (Lipinski definition) is 4. The Kier molecular flexibility index (Phi) is 3.73. The third kappa shape index (κ3) is 2.43. The number of alkyl halides is 2. The molecule has 1 rings (SSSR count). The van der Waals surface area contributed by atoms with Crippen LogP contribution in [0, 0.1) is 0 Å². The van der Waals surface area contributed by atoms with Crippen LogP contribution >= 0.6 is 31.9 Å². The van der Waals surface area contributed by atoms with Crippen LogP contribution in [-0.4, -0.2) is 34.3 Å². The van der Waals surface area contributed by atoms with Gasteiger partial charge in [0.05, 0.1) is 0 Å². The number of rotatable bonds is 2. The van der Waals surface area contributed by atoms with Crippen molar-refractivity contribution in [2.24, 2.45) is 0 Å². The summed E-state index contributed by atoms with van der Waals surface area (Å²) in [5.41, 5.74) is 0. The molecule has 0 aromatic carbocycles. The summed E-state index contributed by atoms with van der Waals surface area (Å²) in [6, 6.07) is 0. The molecule has 74 valence electrons. The van der Waals surface area contributed by atoms with Crippen LogP contribution in [-0.2, 0) is 19.1 Å². The monoisotopic (exact) mass is 314 g/mol. The predicted molar refractivity (Wildman–Crippen MR) is 51.9 cm³/mol. The molecule has 0 radical (unpaired) electrons. The molecule has 0 N–H and O–H groups in total. The molecule has 0 aromatic heterocycles. The van der Waals surface area contributed by atoms with Gasteiger partial charge in [0.1, 0.15) is 6.10 Å². The van der Waals surface area contributed by atoms with E-state index in [1.165, 1.54) is 6.92 Å². The Bertz CT molecular complexity index is 231. The third-order valence-corrected chi connectivity index (χ3v) is 3.13. The lowest BCUT2D eigenvalue weighted by Crippen LogP contribution is -2.33. The molecule has 1 saturated heterocycles. The van der Waals surface area contributed by atoms with Gasteiger partial charge in [-0.2, -0.15) is 0 Å². The molecular formula is C7H8Br2O4. The van der Waals surface area contributed by atoms with E-state index in [2.05, 4.69) is 31.9 Å². The second-order valence-corrected chi connectivity index (χ2v) is 4.24. The molecule has 0 aliphatic carbocycles. The maximum Gasteiger partial charge on any atom is 0.324 e. The average molecular weight is 316 g/mol. The van der Waals surface area contributed by atoms with Gasteiger partial charge in [-0.15, -0.1) is 0 Å². The van der Waals surface area contributed by atoms with Crippen LogP contribution < -0.4 is 0 Å². The van der Waals surface area contributed by atoms with E-state index in [-0.39, 0.29) is 0 Å². The lowest BCUT2D eigenvalue weighted by atomic mass is 10.2. The quantitative estimate of drug-likeness (QED) is 0.563. The molecule has 0 bridgehead atoms. The van der Waals surface area contributed by atoms with Gasteiger partial charge in [-0.25, -0.2) is 0 Å². The van der Waals surface area contributed by atoms with Crippen molar-refractivity contribution in [3.8, 4) is 0 Å². The second kappa shape index (κ2) is 4.41. The number of hydrogen-bond donors (Lipinski definition) is 0. The van der Waals surface area contributed by atoms with Gasteiger partial charge in [0, 0.05) is 12.3 Å². The maximum absolute atomic E-state index is 11.1. The molecule has 0 saturated carbocycles. The summed E-state index contributed by atoms with van der Waals surface area (Å²) < 4.78 is 9.86. The van der Waals surface area contributed by atoms with Crippen molar-refractivity contribution in [1.82, 2.24) is 0 Å². The topological polar surface area (TPSA) is 52.6 Å². The average Bonchev–Trinajstić information content (AvgIpc) is 2.31. The molecule has 3 atom stereocenters. The Morgan fingerprint density at radius 2 is 2.31 bits per heavy atom. The van der Waals surface area contributed by atoms with Crippen LogP contribution in [0.15, 0.2) is 0 Å². The summed E-state index contributed by atoms with van der Waals surface area (Å²) in [5.74, 6) is -0.811. The summed E-state index contributed by atoms with van der Waals surface area (Å²) in [4.78, 5) is 21.2. The van der Waals surface area contributed by atoms with E-state index < -0.39 is 29.0 Å². The van der Waals surface area contributed by atoms with Crippen LogP contribution in [0.25, 0.3) is 0 Å². The zero-order chi connectivity index (χ0) is 10.0. The highest BCUT2D eigenvalue weighted by molar-refractivity contribution is 9.10.